The molecule has 0 bridgehead atoms. The van der Waals surface area contributed by atoms with E-state index in [0.717, 1.165) is 4.24 Å². The van der Waals surface area contributed by atoms with Crippen LogP contribution in [0.4, 0.5) is 0 Å². The lowest BCUT2D eigenvalue weighted by Crippen LogP contribution is -2.08. The van der Waals surface area contributed by atoms with Gasteiger partial charge in [-0.15, -0.1) is 0 Å². The maximum Gasteiger partial charge on any atom is 0.346 e. The van der Waals surface area contributed by atoms with Crippen LogP contribution in [0, 0.1) is 0 Å². The summed E-state index contributed by atoms with van der Waals surface area (Å²) in [7, 11) is 2.57. The largest absolute Gasteiger partial charge is 0.465 e. The highest BCUT2D eigenvalue weighted by atomic mass is 32.2. The standard InChI is InChI=1S/C14H12O4S4/c1-17-13(15)11-12(14(16)18-2)22-10(21-11)6-4-3-5-9-19-7-8-20-9/h3-8H,1-2H3/b4-3+. The summed E-state index contributed by atoms with van der Waals surface area (Å²) in [5.41, 5.74) is 0. The molecule has 22 heavy (non-hydrogen) atoms. The summed E-state index contributed by atoms with van der Waals surface area (Å²) in [5.74, 6) is -1.06. The number of ether oxygens (including phenoxy) is 2. The van der Waals surface area contributed by atoms with E-state index in [1.165, 1.54) is 42.0 Å². The van der Waals surface area contributed by atoms with Crippen LogP contribution in [-0.2, 0) is 19.1 Å². The van der Waals surface area contributed by atoms with Gasteiger partial charge in [-0.25, -0.2) is 9.59 Å². The van der Waals surface area contributed by atoms with E-state index in [9.17, 15) is 9.59 Å². The molecule has 0 saturated heterocycles. The Kier molecular flexibility index (Phi) is 6.81. The Morgan fingerprint density at radius 2 is 1.32 bits per heavy atom. The van der Waals surface area contributed by atoms with Crippen molar-refractivity contribution in [1.29, 1.82) is 0 Å². The van der Waals surface area contributed by atoms with Gasteiger partial charge >= 0.3 is 11.9 Å². The zero-order valence-corrected chi connectivity index (χ0v) is 15.0. The van der Waals surface area contributed by atoms with Crippen molar-refractivity contribution < 1.29 is 19.1 Å². The number of allylic oxidation sites excluding steroid dienone is 4. The molecule has 2 aliphatic rings. The van der Waals surface area contributed by atoms with E-state index < -0.39 is 11.9 Å². The second-order valence-electron chi connectivity index (χ2n) is 3.71. The topological polar surface area (TPSA) is 52.6 Å². The first-order valence-corrected chi connectivity index (χ1v) is 9.38. The van der Waals surface area contributed by atoms with Gasteiger partial charge in [0.05, 0.1) is 18.5 Å². The molecule has 2 heterocycles. The van der Waals surface area contributed by atoms with Crippen molar-refractivity contribution in [3.8, 4) is 0 Å². The molecule has 0 unspecified atom stereocenters. The first-order chi connectivity index (χ1) is 10.7. The van der Waals surface area contributed by atoms with Crippen LogP contribution in [-0.4, -0.2) is 26.2 Å². The highest BCUT2D eigenvalue weighted by Crippen LogP contribution is 2.49. The molecule has 0 fully saturated rings. The monoisotopic (exact) mass is 372 g/mol. The van der Waals surface area contributed by atoms with Gasteiger partial charge in [-0.1, -0.05) is 59.2 Å². The number of carbonyl (C=O) groups is 2. The van der Waals surface area contributed by atoms with E-state index >= 15 is 0 Å². The van der Waals surface area contributed by atoms with Gasteiger partial charge in [0.15, 0.2) is 0 Å². The van der Waals surface area contributed by atoms with Gasteiger partial charge in [0.25, 0.3) is 0 Å². The smallest absolute Gasteiger partial charge is 0.346 e. The van der Waals surface area contributed by atoms with Gasteiger partial charge in [0, 0.05) is 4.24 Å². The average Bonchev–Trinajstić information content (AvgIpc) is 3.19. The summed E-state index contributed by atoms with van der Waals surface area (Å²) < 4.78 is 11.4. The molecule has 0 aliphatic carbocycles. The van der Waals surface area contributed by atoms with Crippen LogP contribution in [0.3, 0.4) is 0 Å². The SMILES string of the molecule is COC(=O)C1=C(C(=O)OC)SC(=C/C=C/C=C2SC=CS2)S1. The fraction of sp³-hybridized carbons (Fsp3) is 0.143. The summed E-state index contributed by atoms with van der Waals surface area (Å²) in [6.45, 7) is 0. The Morgan fingerprint density at radius 1 is 0.864 bits per heavy atom. The van der Waals surface area contributed by atoms with Gasteiger partial charge in [0.1, 0.15) is 9.81 Å². The van der Waals surface area contributed by atoms with Crippen molar-refractivity contribution in [2.75, 3.05) is 14.2 Å². The number of thioether (sulfide) groups is 4. The molecular weight excluding hydrogens is 360 g/mol. The first-order valence-electron chi connectivity index (χ1n) is 5.99. The number of hydrogen-bond donors (Lipinski definition) is 0. The maximum absolute atomic E-state index is 11.7. The summed E-state index contributed by atoms with van der Waals surface area (Å²) in [4.78, 5) is 23.9. The second kappa shape index (κ2) is 8.61. The minimum atomic E-state index is -0.530. The van der Waals surface area contributed by atoms with Crippen molar-refractivity contribution in [2.24, 2.45) is 0 Å². The quantitative estimate of drug-likeness (QED) is 0.680. The predicted octanol–water partition coefficient (Wildman–Crippen LogP) is 4.21. The van der Waals surface area contributed by atoms with Crippen molar-refractivity contribution in [2.45, 2.75) is 0 Å². The normalized spacial score (nSPS) is 17.4. The Hall–Kier alpha value is -0.960. The van der Waals surface area contributed by atoms with Gasteiger partial charge in [0.2, 0.25) is 0 Å². The third-order valence-electron chi connectivity index (χ3n) is 2.35. The number of carbonyl (C=O) groups excluding carboxylic acids is 2. The van der Waals surface area contributed by atoms with Crippen molar-refractivity contribution in [3.05, 3.63) is 53.4 Å². The summed E-state index contributed by atoms with van der Waals surface area (Å²) in [6.07, 6.45) is 7.65. The Balaban J connectivity index is 2.05. The molecule has 2 aliphatic heterocycles. The number of hydrogen-bond acceptors (Lipinski definition) is 8. The third kappa shape index (κ3) is 4.52. The molecule has 0 saturated carbocycles. The van der Waals surface area contributed by atoms with Gasteiger partial charge < -0.3 is 9.47 Å². The Morgan fingerprint density at radius 3 is 1.77 bits per heavy atom. The maximum atomic E-state index is 11.7. The molecule has 116 valence electrons. The van der Waals surface area contributed by atoms with E-state index in [-0.39, 0.29) is 9.81 Å². The van der Waals surface area contributed by atoms with Crippen LogP contribution in [0.5, 0.6) is 0 Å². The zero-order chi connectivity index (χ0) is 15.9. The summed E-state index contributed by atoms with van der Waals surface area (Å²) >= 11 is 5.76. The average molecular weight is 373 g/mol. The molecular formula is C14H12O4S4. The lowest BCUT2D eigenvalue weighted by Gasteiger charge is -2.00. The molecule has 0 spiro atoms. The molecule has 0 aromatic rings. The summed E-state index contributed by atoms with van der Waals surface area (Å²) in [5, 5.41) is 4.06. The second-order valence-corrected chi connectivity index (χ2v) is 8.23. The van der Waals surface area contributed by atoms with E-state index in [1.54, 1.807) is 23.5 Å². The molecule has 8 heteroatoms. The van der Waals surface area contributed by atoms with Crippen LogP contribution in [0.25, 0.3) is 0 Å². The molecule has 0 radical (unpaired) electrons. The highest BCUT2D eigenvalue weighted by molar-refractivity contribution is 8.29. The predicted molar refractivity (Wildman–Crippen MR) is 95.9 cm³/mol. The zero-order valence-electron chi connectivity index (χ0n) is 11.7. The van der Waals surface area contributed by atoms with E-state index in [1.807, 2.05) is 35.1 Å². The molecule has 0 aromatic heterocycles. The van der Waals surface area contributed by atoms with Crippen LogP contribution in [0.15, 0.2) is 53.4 Å². The van der Waals surface area contributed by atoms with Crippen LogP contribution >= 0.6 is 47.0 Å². The van der Waals surface area contributed by atoms with Gasteiger partial charge in [-0.3, -0.25) is 0 Å². The van der Waals surface area contributed by atoms with Crippen LogP contribution in [0.2, 0.25) is 0 Å². The van der Waals surface area contributed by atoms with Crippen LogP contribution in [0.1, 0.15) is 0 Å². The number of methoxy groups -OCH3 is 2. The molecule has 0 aromatic carbocycles. The molecule has 4 nitrogen and oxygen atoms in total. The number of rotatable bonds is 4. The third-order valence-corrected chi connectivity index (χ3v) is 6.84. The minimum absolute atomic E-state index is 0.267. The van der Waals surface area contributed by atoms with Crippen molar-refractivity contribution in [3.63, 3.8) is 0 Å². The van der Waals surface area contributed by atoms with Gasteiger partial charge in [-0.2, -0.15) is 0 Å². The fourth-order valence-corrected chi connectivity index (χ4v) is 5.28. The van der Waals surface area contributed by atoms with E-state index in [0.29, 0.717) is 0 Å². The van der Waals surface area contributed by atoms with Crippen molar-refractivity contribution in [1.82, 2.24) is 0 Å². The molecule has 0 amide bonds. The van der Waals surface area contributed by atoms with Crippen molar-refractivity contribution >= 4 is 59.0 Å². The molecule has 0 atom stereocenters. The minimum Gasteiger partial charge on any atom is -0.465 e. The lowest BCUT2D eigenvalue weighted by atomic mass is 10.5. The van der Waals surface area contributed by atoms with E-state index in [2.05, 4.69) is 0 Å². The first kappa shape index (κ1) is 17.4. The molecule has 2 rings (SSSR count). The summed E-state index contributed by atoms with van der Waals surface area (Å²) in [6, 6.07) is 0. The molecule has 0 N–H and O–H groups in total. The fourth-order valence-electron chi connectivity index (χ4n) is 1.40. The number of esters is 2. The van der Waals surface area contributed by atoms with Crippen LogP contribution < -0.4 is 0 Å². The Labute approximate surface area is 145 Å². The lowest BCUT2D eigenvalue weighted by molar-refractivity contribution is -0.138. The van der Waals surface area contributed by atoms with E-state index in [4.69, 9.17) is 9.47 Å². The van der Waals surface area contributed by atoms with Gasteiger partial charge in [-0.05, 0) is 23.0 Å². The Bertz CT molecular complexity index is 589. The highest BCUT2D eigenvalue weighted by Gasteiger charge is 2.31.